The Morgan fingerprint density at radius 3 is 2.29 bits per heavy atom. The van der Waals surface area contributed by atoms with Crippen molar-refractivity contribution in [2.75, 3.05) is 0 Å². The van der Waals surface area contributed by atoms with E-state index in [0.717, 1.165) is 45.6 Å². The van der Waals surface area contributed by atoms with Crippen molar-refractivity contribution < 1.29 is 4.74 Å². The molecule has 1 heteroatoms. The van der Waals surface area contributed by atoms with Crippen LogP contribution in [0, 0.1) is 0 Å². The van der Waals surface area contributed by atoms with Crippen LogP contribution in [-0.2, 0) is 4.74 Å². The lowest BCUT2D eigenvalue weighted by molar-refractivity contribution is 0.209. The lowest BCUT2D eigenvalue weighted by Gasteiger charge is -2.11. The van der Waals surface area contributed by atoms with Gasteiger partial charge in [0.1, 0.15) is 11.9 Å². The molecule has 1 aliphatic heterocycles. The van der Waals surface area contributed by atoms with Crippen LogP contribution in [0.25, 0.3) is 22.5 Å². The summed E-state index contributed by atoms with van der Waals surface area (Å²) in [6.07, 6.45) is 0.907. The topological polar surface area (TPSA) is 9.23 Å². The average molecular weight is 312 g/mol. The third-order valence-electron chi connectivity index (χ3n) is 5.01. The van der Waals surface area contributed by atoms with E-state index in [0.29, 0.717) is 0 Å². The molecule has 1 unspecified atom stereocenters. The van der Waals surface area contributed by atoms with Gasteiger partial charge in [-0.25, -0.2) is 0 Å². The van der Waals surface area contributed by atoms with E-state index in [1.54, 1.807) is 0 Å². The first-order valence-corrected chi connectivity index (χ1v) is 8.15. The molecule has 1 aliphatic carbocycles. The minimum absolute atomic E-state index is 0.0448. The van der Waals surface area contributed by atoms with Crippen LogP contribution in [0.5, 0.6) is 0 Å². The number of allylic oxidation sites excluding steroid dienone is 2. The van der Waals surface area contributed by atoms with E-state index in [4.69, 9.17) is 4.74 Å². The molecule has 0 radical (unpaired) electrons. The predicted octanol–water partition coefficient (Wildman–Crippen LogP) is 6.24. The van der Waals surface area contributed by atoms with E-state index >= 15 is 0 Å². The van der Waals surface area contributed by atoms with Crippen molar-refractivity contribution in [2.45, 2.75) is 19.4 Å². The maximum absolute atomic E-state index is 5.71. The quantitative estimate of drug-likeness (QED) is 0.637. The van der Waals surface area contributed by atoms with Gasteiger partial charge in [0.15, 0.2) is 0 Å². The summed E-state index contributed by atoms with van der Waals surface area (Å²) in [5.41, 5.74) is 10.2. The number of fused-ring (bicyclic) bond motifs is 2. The summed E-state index contributed by atoms with van der Waals surface area (Å²) in [6.45, 7) is 18.6. The Balaban J connectivity index is 1.74. The molecule has 0 aromatic heterocycles. The van der Waals surface area contributed by atoms with Gasteiger partial charge in [0, 0.05) is 11.1 Å². The maximum atomic E-state index is 5.71. The summed E-state index contributed by atoms with van der Waals surface area (Å²) < 4.78 is 5.71. The molecule has 0 saturated carbocycles. The normalized spacial score (nSPS) is 18.4. The van der Waals surface area contributed by atoms with Crippen molar-refractivity contribution >= 4 is 22.5 Å². The Hall–Kier alpha value is -2.80. The van der Waals surface area contributed by atoms with Crippen molar-refractivity contribution in [3.63, 3.8) is 0 Å². The molecule has 1 nitrogen and oxygen atoms in total. The Morgan fingerprint density at radius 2 is 1.54 bits per heavy atom. The number of ether oxygens (including phenoxy) is 1. The molecule has 24 heavy (non-hydrogen) atoms. The smallest absolute Gasteiger partial charge is 0.122 e. The van der Waals surface area contributed by atoms with Crippen molar-refractivity contribution in [1.82, 2.24) is 0 Å². The van der Waals surface area contributed by atoms with Gasteiger partial charge in [-0.15, -0.1) is 0 Å². The largest absolute Gasteiger partial charge is 0.486 e. The Kier molecular flexibility index (Phi) is 3.14. The monoisotopic (exact) mass is 312 g/mol. The van der Waals surface area contributed by atoms with E-state index < -0.39 is 0 Å². The second kappa shape index (κ2) is 5.10. The highest BCUT2D eigenvalue weighted by Gasteiger charge is 2.24. The highest BCUT2D eigenvalue weighted by atomic mass is 16.5. The van der Waals surface area contributed by atoms with Gasteiger partial charge in [0.2, 0.25) is 0 Å². The van der Waals surface area contributed by atoms with Crippen molar-refractivity contribution in [2.24, 2.45) is 0 Å². The van der Waals surface area contributed by atoms with Gasteiger partial charge >= 0.3 is 0 Å². The highest BCUT2D eigenvalue weighted by molar-refractivity contribution is 5.93. The summed E-state index contributed by atoms with van der Waals surface area (Å²) in [5, 5.41) is 0. The molecular weight excluding hydrogens is 292 g/mol. The fraction of sp³-hybridized carbons (Fsp3) is 0.130. The number of hydrogen-bond donors (Lipinski definition) is 0. The first-order chi connectivity index (χ1) is 11.5. The van der Waals surface area contributed by atoms with E-state index in [-0.39, 0.29) is 6.10 Å². The van der Waals surface area contributed by atoms with E-state index in [1.165, 1.54) is 16.7 Å². The minimum Gasteiger partial charge on any atom is -0.486 e. The highest BCUT2D eigenvalue weighted by Crippen LogP contribution is 2.41. The van der Waals surface area contributed by atoms with Gasteiger partial charge < -0.3 is 4.74 Å². The second-order valence-electron chi connectivity index (χ2n) is 6.61. The zero-order chi connectivity index (χ0) is 17.0. The minimum atomic E-state index is 0.0448. The van der Waals surface area contributed by atoms with Crippen LogP contribution in [0.15, 0.2) is 62.7 Å². The zero-order valence-electron chi connectivity index (χ0n) is 14.0. The molecule has 0 bridgehead atoms. The van der Waals surface area contributed by atoms with Crippen LogP contribution < -0.4 is 0 Å². The standard InChI is InChI=1S/C23H20O/c1-13-10-14(2)22-11-18(6-8-20(13)22)15(3)19-7-9-21-16(4)24-17(5)23(21)12-19/h6-9,11-12,17H,1-4,10H2,5H3. The van der Waals surface area contributed by atoms with Gasteiger partial charge in [0.05, 0.1) is 0 Å². The molecule has 0 amide bonds. The zero-order valence-corrected chi connectivity index (χ0v) is 14.0. The summed E-state index contributed by atoms with van der Waals surface area (Å²) >= 11 is 0. The molecule has 0 saturated heterocycles. The maximum Gasteiger partial charge on any atom is 0.122 e. The summed E-state index contributed by atoms with van der Waals surface area (Å²) in [5.74, 6) is 0.752. The number of hydrogen-bond acceptors (Lipinski definition) is 1. The van der Waals surface area contributed by atoms with Crippen LogP contribution in [0.4, 0.5) is 0 Å². The van der Waals surface area contributed by atoms with Crippen LogP contribution in [0.2, 0.25) is 0 Å². The Bertz CT molecular complexity index is 943. The SMILES string of the molecule is C=C(c1ccc2c(c1)C(=C)CC2=C)c1ccc2c(c1)C(C)OC2=C. The van der Waals surface area contributed by atoms with Gasteiger partial charge in [-0.2, -0.15) is 0 Å². The second-order valence-corrected chi connectivity index (χ2v) is 6.61. The molecule has 0 N–H and O–H groups in total. The van der Waals surface area contributed by atoms with Gasteiger partial charge in [-0.05, 0) is 64.5 Å². The van der Waals surface area contributed by atoms with Crippen molar-refractivity contribution in [3.8, 4) is 0 Å². The summed E-state index contributed by atoms with van der Waals surface area (Å²) in [7, 11) is 0. The summed E-state index contributed by atoms with van der Waals surface area (Å²) in [4.78, 5) is 0. The van der Waals surface area contributed by atoms with Gasteiger partial charge in [-0.1, -0.05) is 50.6 Å². The van der Waals surface area contributed by atoms with Crippen LogP contribution >= 0.6 is 0 Å². The lowest BCUT2D eigenvalue weighted by atomic mass is 9.92. The predicted molar refractivity (Wildman–Crippen MR) is 102 cm³/mol. The van der Waals surface area contributed by atoms with E-state index in [1.807, 2.05) is 0 Å². The van der Waals surface area contributed by atoms with Crippen molar-refractivity contribution in [3.05, 3.63) is 96.1 Å². The number of rotatable bonds is 2. The Labute approximate surface area is 143 Å². The lowest BCUT2D eigenvalue weighted by Crippen LogP contribution is -1.93. The fourth-order valence-corrected chi connectivity index (χ4v) is 3.63. The van der Waals surface area contributed by atoms with Crippen LogP contribution in [0.1, 0.15) is 52.8 Å². The Morgan fingerprint density at radius 1 is 0.917 bits per heavy atom. The molecule has 4 rings (SSSR count). The van der Waals surface area contributed by atoms with Crippen LogP contribution in [0.3, 0.4) is 0 Å². The third-order valence-corrected chi connectivity index (χ3v) is 5.01. The first-order valence-electron chi connectivity index (χ1n) is 8.15. The molecule has 1 heterocycles. The molecule has 2 aromatic rings. The molecule has 2 aromatic carbocycles. The van der Waals surface area contributed by atoms with Crippen LogP contribution in [-0.4, -0.2) is 0 Å². The molecule has 0 spiro atoms. The van der Waals surface area contributed by atoms with E-state index in [2.05, 4.69) is 69.6 Å². The molecule has 1 atom stereocenters. The third kappa shape index (κ3) is 2.09. The summed E-state index contributed by atoms with van der Waals surface area (Å²) in [6, 6.07) is 12.8. The average Bonchev–Trinajstić information content (AvgIpc) is 3.02. The van der Waals surface area contributed by atoms with E-state index in [9.17, 15) is 0 Å². The first kappa shape index (κ1) is 14.8. The fourth-order valence-electron chi connectivity index (χ4n) is 3.63. The molecular formula is C23H20O. The number of benzene rings is 2. The molecule has 118 valence electrons. The molecule has 0 fully saturated rings. The molecule has 2 aliphatic rings. The van der Waals surface area contributed by atoms with Gasteiger partial charge in [0.25, 0.3) is 0 Å². The van der Waals surface area contributed by atoms with Crippen molar-refractivity contribution in [1.29, 1.82) is 0 Å². The van der Waals surface area contributed by atoms with Gasteiger partial charge in [-0.3, -0.25) is 0 Å².